The van der Waals surface area contributed by atoms with Crippen LogP contribution in [-0.4, -0.2) is 113 Å². The summed E-state index contributed by atoms with van der Waals surface area (Å²) in [5.41, 5.74) is -1.42. The summed E-state index contributed by atoms with van der Waals surface area (Å²) >= 11 is 5.73. The van der Waals surface area contributed by atoms with Crippen LogP contribution in [0.15, 0.2) is 42.5 Å². The molecular weight excluding hydrogens is 797 g/mol. The third-order valence-corrected chi connectivity index (χ3v) is 11.8. The van der Waals surface area contributed by atoms with Crippen LogP contribution >= 0.6 is 24.6 Å². The molecule has 2 N–H and O–H groups in total. The minimum absolute atomic E-state index is 0. The zero-order chi connectivity index (χ0) is 41.2. The second-order valence-corrected chi connectivity index (χ2v) is 16.2. The van der Waals surface area contributed by atoms with Crippen LogP contribution in [0.2, 0.25) is 0 Å². The summed E-state index contributed by atoms with van der Waals surface area (Å²) < 4.78 is 47.4. The lowest BCUT2D eigenvalue weighted by atomic mass is 9.89. The molecule has 6 rings (SSSR count). The second kappa shape index (κ2) is 18.3. The zero-order valence-corrected chi connectivity index (χ0v) is 34.6. The number of urea groups is 1. The third kappa shape index (κ3) is 9.74. The van der Waals surface area contributed by atoms with Crippen LogP contribution in [0.3, 0.4) is 0 Å². The number of anilines is 3. The first kappa shape index (κ1) is 44.8. The van der Waals surface area contributed by atoms with Gasteiger partial charge < -0.3 is 19.9 Å². The Labute approximate surface area is 348 Å². The Morgan fingerprint density at radius 2 is 1.66 bits per heavy atom. The highest BCUT2D eigenvalue weighted by atomic mass is 35.5. The number of hydrogen-bond acceptors (Lipinski definition) is 9. The number of thiocarbonyl (C=S) groups is 1. The standard InChI is InChI=1S/C40H49F3N8O5S.ClH/c1-25-22-47(23-26(2)49(25)24-35(53)45-28-7-10-29(11-8-28)48-18-16-34(52)46-37(48)55)17-5-19-56-32-14-12-30(13-15-32)51-38(57)50(36(54)39(51,3)4)31-9-6-27(21-44)33(20-31)40(41,42)43;/h6-11,20,25-26,30,32H,5,12-19,22-24H2,1-4H3,(H,45,53)(H,46,52,55);1H/t25-,26+,30?,32?;. The Kier molecular flexibility index (Phi) is 14.1. The van der Waals surface area contributed by atoms with Crippen LogP contribution in [0.5, 0.6) is 0 Å². The summed E-state index contributed by atoms with van der Waals surface area (Å²) in [6, 6.07) is 11.6. The minimum atomic E-state index is -4.76. The summed E-state index contributed by atoms with van der Waals surface area (Å²) in [4.78, 5) is 59.3. The molecule has 0 radical (unpaired) electrons. The maximum absolute atomic E-state index is 13.7. The third-order valence-electron chi connectivity index (χ3n) is 11.4. The zero-order valence-electron chi connectivity index (χ0n) is 33.0. The van der Waals surface area contributed by atoms with Crippen molar-refractivity contribution >= 4 is 70.6 Å². The van der Waals surface area contributed by atoms with E-state index in [1.54, 1.807) is 44.2 Å². The van der Waals surface area contributed by atoms with Gasteiger partial charge in [-0.25, -0.2) is 4.79 Å². The first-order valence-electron chi connectivity index (χ1n) is 19.4. The van der Waals surface area contributed by atoms with Crippen molar-refractivity contribution in [2.45, 2.75) is 102 Å². The molecule has 3 aliphatic heterocycles. The Morgan fingerprint density at radius 3 is 2.26 bits per heavy atom. The van der Waals surface area contributed by atoms with Gasteiger partial charge in [0.05, 0.1) is 35.5 Å². The number of ether oxygens (including phenoxy) is 1. The molecule has 2 aromatic carbocycles. The fourth-order valence-corrected chi connectivity index (χ4v) is 9.09. The molecule has 18 heteroatoms. The van der Waals surface area contributed by atoms with E-state index in [9.17, 15) is 37.6 Å². The highest BCUT2D eigenvalue weighted by molar-refractivity contribution is 7.80. The van der Waals surface area contributed by atoms with Crippen LogP contribution in [0, 0.1) is 11.3 Å². The molecule has 13 nitrogen and oxygen atoms in total. The Morgan fingerprint density at radius 1 is 1.02 bits per heavy atom. The number of amides is 5. The molecule has 4 fully saturated rings. The summed E-state index contributed by atoms with van der Waals surface area (Å²) in [6.45, 7) is 11.4. The highest BCUT2D eigenvalue weighted by Crippen LogP contribution is 2.40. The van der Waals surface area contributed by atoms with Crippen LogP contribution < -0.4 is 20.4 Å². The molecule has 5 amide bonds. The molecule has 1 saturated carbocycles. The Balaban J connectivity index is 0.00000641. The van der Waals surface area contributed by atoms with Gasteiger partial charge in [-0.15, -0.1) is 12.4 Å². The SMILES string of the molecule is C[C@@H]1CN(CCCOC2CCC(N3C(=S)N(c4ccc(C#N)c(C(F)(F)F)c4)C(=O)C3(C)C)CC2)C[C@H](C)N1CC(=O)Nc1ccc(N2CCC(=O)NC2=O)cc1.Cl. The smallest absolute Gasteiger partial charge is 0.378 e. The number of alkyl halides is 3. The molecule has 0 spiro atoms. The van der Waals surface area contributed by atoms with E-state index < -0.39 is 34.8 Å². The molecule has 0 bridgehead atoms. The van der Waals surface area contributed by atoms with Crippen molar-refractivity contribution in [1.29, 1.82) is 5.26 Å². The number of nitriles is 1. The molecule has 0 unspecified atom stereocenters. The fraction of sp³-hybridized carbons (Fsp3) is 0.550. The number of piperazine rings is 1. The van der Waals surface area contributed by atoms with E-state index in [0.29, 0.717) is 37.4 Å². The molecule has 1 aliphatic carbocycles. The van der Waals surface area contributed by atoms with Gasteiger partial charge >= 0.3 is 12.2 Å². The molecule has 0 aromatic heterocycles. The lowest BCUT2D eigenvalue weighted by Crippen LogP contribution is -2.58. The number of rotatable bonds is 11. The van der Waals surface area contributed by atoms with E-state index in [2.05, 4.69) is 34.3 Å². The van der Waals surface area contributed by atoms with Crippen LogP contribution in [0.25, 0.3) is 0 Å². The number of hydrogen-bond donors (Lipinski definition) is 2. The van der Waals surface area contributed by atoms with Gasteiger partial charge in [0.2, 0.25) is 11.8 Å². The van der Waals surface area contributed by atoms with E-state index in [1.807, 2.05) is 4.90 Å². The summed E-state index contributed by atoms with van der Waals surface area (Å²) in [5.74, 6) is -0.826. The Hall–Kier alpha value is -4.34. The predicted octanol–water partition coefficient (Wildman–Crippen LogP) is 5.91. The lowest BCUT2D eigenvalue weighted by Gasteiger charge is -2.44. The fourth-order valence-electron chi connectivity index (χ4n) is 8.52. The van der Waals surface area contributed by atoms with E-state index in [4.69, 9.17) is 17.0 Å². The normalized spacial score (nSPS) is 24.3. The second-order valence-electron chi connectivity index (χ2n) is 15.8. The van der Waals surface area contributed by atoms with Gasteiger partial charge in [-0.3, -0.25) is 34.4 Å². The average Bonchev–Trinajstić information content (AvgIpc) is 3.33. The largest absolute Gasteiger partial charge is 0.417 e. The maximum Gasteiger partial charge on any atom is 0.417 e. The van der Waals surface area contributed by atoms with Crippen molar-refractivity contribution in [2.24, 2.45) is 0 Å². The summed E-state index contributed by atoms with van der Waals surface area (Å²) in [6.07, 6.45) is -0.661. The summed E-state index contributed by atoms with van der Waals surface area (Å²) in [5, 5.41) is 14.6. The predicted molar refractivity (Wildman–Crippen MR) is 219 cm³/mol. The number of imide groups is 1. The minimum Gasteiger partial charge on any atom is -0.378 e. The monoisotopic (exact) mass is 846 g/mol. The number of carbonyl (C=O) groups is 4. The van der Waals surface area contributed by atoms with Gasteiger partial charge in [0, 0.05) is 68.7 Å². The number of nitrogens with one attached hydrogen (secondary N) is 2. The molecule has 2 aromatic rings. The first-order chi connectivity index (χ1) is 27.0. The number of halogens is 4. The van der Waals surface area contributed by atoms with E-state index >= 15 is 0 Å². The molecule has 3 saturated heterocycles. The highest BCUT2D eigenvalue weighted by Gasteiger charge is 2.52. The van der Waals surface area contributed by atoms with Crippen molar-refractivity contribution in [3.8, 4) is 6.07 Å². The van der Waals surface area contributed by atoms with Crippen molar-refractivity contribution < 1.29 is 37.1 Å². The van der Waals surface area contributed by atoms with Crippen LogP contribution in [0.1, 0.15) is 77.3 Å². The van der Waals surface area contributed by atoms with Crippen molar-refractivity contribution in [1.82, 2.24) is 20.0 Å². The van der Waals surface area contributed by atoms with Crippen LogP contribution in [0.4, 0.5) is 35.0 Å². The van der Waals surface area contributed by atoms with E-state index in [0.717, 1.165) is 55.9 Å². The van der Waals surface area contributed by atoms with Gasteiger partial charge in [0.25, 0.3) is 5.91 Å². The van der Waals surface area contributed by atoms with E-state index in [-0.39, 0.29) is 72.2 Å². The number of nitrogens with zero attached hydrogens (tertiary/aromatic N) is 6. The maximum atomic E-state index is 13.7. The summed E-state index contributed by atoms with van der Waals surface area (Å²) in [7, 11) is 0. The molecular formula is C40H50ClF3N8O5S. The molecule has 4 aliphatic rings. The molecule has 314 valence electrons. The average molecular weight is 847 g/mol. The van der Waals surface area contributed by atoms with Gasteiger partial charge in [0.15, 0.2) is 5.11 Å². The Bertz CT molecular complexity index is 1910. The van der Waals surface area contributed by atoms with Crippen molar-refractivity contribution in [3.63, 3.8) is 0 Å². The van der Waals surface area contributed by atoms with Gasteiger partial charge in [-0.05, 0) is 114 Å². The first-order valence-corrected chi connectivity index (χ1v) is 19.8. The molecule has 2 atom stereocenters. The quantitative estimate of drug-likeness (QED) is 0.207. The molecule has 58 heavy (non-hydrogen) atoms. The topological polar surface area (TPSA) is 142 Å². The molecule has 3 heterocycles. The van der Waals surface area contributed by atoms with Gasteiger partial charge in [-0.2, -0.15) is 18.4 Å². The number of benzene rings is 2. The van der Waals surface area contributed by atoms with Crippen molar-refractivity contribution in [3.05, 3.63) is 53.6 Å². The van der Waals surface area contributed by atoms with Gasteiger partial charge in [-0.1, -0.05) is 0 Å². The lowest BCUT2D eigenvalue weighted by molar-refractivity contribution is -0.137. The van der Waals surface area contributed by atoms with Gasteiger partial charge in [0.1, 0.15) is 5.54 Å². The van der Waals surface area contributed by atoms with Crippen LogP contribution in [-0.2, 0) is 25.3 Å². The van der Waals surface area contributed by atoms with E-state index in [1.165, 1.54) is 11.0 Å². The van der Waals surface area contributed by atoms with Crippen molar-refractivity contribution in [2.75, 3.05) is 54.4 Å². The number of carbonyl (C=O) groups excluding carboxylic acids is 4.